The predicted molar refractivity (Wildman–Crippen MR) is 130 cm³/mol. The molecule has 11 heteroatoms. The van der Waals surface area contributed by atoms with E-state index in [-0.39, 0.29) is 31.0 Å². The second-order valence-corrected chi connectivity index (χ2v) is 8.53. The Morgan fingerprint density at radius 1 is 1.29 bits per heavy atom. The van der Waals surface area contributed by atoms with Crippen LogP contribution in [-0.2, 0) is 16.1 Å². The van der Waals surface area contributed by atoms with Crippen molar-refractivity contribution in [3.05, 3.63) is 42.2 Å². The lowest BCUT2D eigenvalue weighted by molar-refractivity contribution is -0.130. The van der Waals surface area contributed by atoms with Crippen LogP contribution in [0.4, 0.5) is 11.5 Å². The molecule has 2 aliphatic heterocycles. The van der Waals surface area contributed by atoms with Gasteiger partial charge in [-0.25, -0.2) is 9.97 Å². The summed E-state index contributed by atoms with van der Waals surface area (Å²) in [4.78, 5) is 41.8. The lowest BCUT2D eigenvalue weighted by Gasteiger charge is -2.26. The van der Waals surface area contributed by atoms with Crippen LogP contribution in [0.1, 0.15) is 12.1 Å². The normalized spacial score (nSPS) is 17.0. The molecule has 0 aromatic carbocycles. The number of anilines is 2. The second-order valence-electron chi connectivity index (χ2n) is 8.53. The van der Waals surface area contributed by atoms with E-state index in [1.165, 1.54) is 0 Å². The molecular formula is C24H27N7O4. The number of hydrogen-bond acceptors (Lipinski definition) is 9. The molecule has 1 unspecified atom stereocenters. The number of rotatable bonds is 7. The van der Waals surface area contributed by atoms with Crippen LogP contribution in [-0.4, -0.2) is 78.1 Å². The molecule has 1 fully saturated rings. The van der Waals surface area contributed by atoms with Crippen molar-refractivity contribution in [2.75, 3.05) is 50.6 Å². The number of fused-ring (bicyclic) bond motifs is 2. The number of pyridine rings is 3. The Labute approximate surface area is 202 Å². The molecule has 35 heavy (non-hydrogen) atoms. The van der Waals surface area contributed by atoms with E-state index < -0.39 is 0 Å². The largest absolute Gasteiger partial charge is 0.481 e. The number of carbonyl (C=O) groups is 2. The Kier molecular flexibility index (Phi) is 6.32. The van der Waals surface area contributed by atoms with Gasteiger partial charge in [0.25, 0.3) is 5.91 Å². The van der Waals surface area contributed by atoms with Crippen molar-refractivity contribution >= 4 is 34.4 Å². The molecule has 0 bridgehead atoms. The van der Waals surface area contributed by atoms with Crippen molar-refractivity contribution in [3.8, 4) is 11.6 Å². The maximum absolute atomic E-state index is 12.8. The smallest absolute Gasteiger partial charge is 0.263 e. The zero-order valence-electron chi connectivity index (χ0n) is 19.7. The van der Waals surface area contributed by atoms with Crippen molar-refractivity contribution < 1.29 is 19.1 Å². The van der Waals surface area contributed by atoms with Gasteiger partial charge >= 0.3 is 0 Å². The van der Waals surface area contributed by atoms with Crippen LogP contribution >= 0.6 is 0 Å². The Morgan fingerprint density at radius 3 is 3.03 bits per heavy atom. The summed E-state index contributed by atoms with van der Waals surface area (Å²) in [6.45, 7) is 2.11. The van der Waals surface area contributed by atoms with E-state index in [0.717, 1.165) is 29.7 Å². The number of amides is 2. The first-order valence-corrected chi connectivity index (χ1v) is 11.5. The first kappa shape index (κ1) is 22.8. The third-order valence-electron chi connectivity index (χ3n) is 6.31. The van der Waals surface area contributed by atoms with E-state index in [0.29, 0.717) is 36.2 Å². The van der Waals surface area contributed by atoms with Gasteiger partial charge in [0.05, 0.1) is 36.6 Å². The Hall–Kier alpha value is -3.99. The van der Waals surface area contributed by atoms with Crippen LogP contribution in [0.2, 0.25) is 0 Å². The Morgan fingerprint density at radius 2 is 2.17 bits per heavy atom. The van der Waals surface area contributed by atoms with Crippen LogP contribution in [0.3, 0.4) is 0 Å². The average Bonchev–Trinajstić information content (AvgIpc) is 3.37. The number of nitrogens with one attached hydrogen (secondary N) is 2. The highest BCUT2D eigenvalue weighted by Gasteiger charge is 2.29. The number of nitrogens with zero attached hydrogens (tertiary/aromatic N) is 5. The minimum absolute atomic E-state index is 0.00540. The zero-order chi connectivity index (χ0) is 24.4. The Balaban J connectivity index is 1.17. The predicted octanol–water partition coefficient (Wildman–Crippen LogP) is 1.19. The molecule has 2 amide bonds. The fourth-order valence-corrected chi connectivity index (χ4v) is 4.37. The molecule has 3 aromatic rings. The van der Waals surface area contributed by atoms with Gasteiger partial charge in [0.2, 0.25) is 11.8 Å². The van der Waals surface area contributed by atoms with Crippen molar-refractivity contribution in [3.63, 3.8) is 0 Å². The molecule has 11 nitrogen and oxygen atoms in total. The molecule has 1 saturated heterocycles. The molecule has 0 saturated carbocycles. The van der Waals surface area contributed by atoms with Gasteiger partial charge in [0.1, 0.15) is 5.52 Å². The number of methoxy groups -OCH3 is 1. The highest BCUT2D eigenvalue weighted by Crippen LogP contribution is 2.29. The number of likely N-dealkylation sites (N-methyl/N-ethyl adjacent to an activating group) is 1. The quantitative estimate of drug-likeness (QED) is 0.517. The van der Waals surface area contributed by atoms with Crippen molar-refractivity contribution in [2.45, 2.75) is 19.0 Å². The molecule has 3 aromatic heterocycles. The third kappa shape index (κ3) is 4.80. The summed E-state index contributed by atoms with van der Waals surface area (Å²) in [7, 11) is 3.44. The minimum Gasteiger partial charge on any atom is -0.481 e. The summed E-state index contributed by atoms with van der Waals surface area (Å²) >= 11 is 0. The van der Waals surface area contributed by atoms with E-state index >= 15 is 0 Å². The van der Waals surface area contributed by atoms with Gasteiger partial charge in [-0.2, -0.15) is 0 Å². The van der Waals surface area contributed by atoms with Crippen molar-refractivity contribution in [1.29, 1.82) is 0 Å². The zero-order valence-corrected chi connectivity index (χ0v) is 19.7. The summed E-state index contributed by atoms with van der Waals surface area (Å²) in [5, 5.41) is 5.84. The number of carbonyl (C=O) groups excluding carboxylic acids is 2. The van der Waals surface area contributed by atoms with Gasteiger partial charge in [-0.15, -0.1) is 0 Å². The fourth-order valence-electron chi connectivity index (χ4n) is 4.37. The van der Waals surface area contributed by atoms with E-state index in [4.69, 9.17) is 9.47 Å². The van der Waals surface area contributed by atoms with E-state index in [1.807, 2.05) is 25.2 Å². The van der Waals surface area contributed by atoms with E-state index in [9.17, 15) is 9.59 Å². The molecule has 182 valence electrons. The van der Waals surface area contributed by atoms with Gasteiger partial charge in [-0.05, 0) is 30.7 Å². The maximum Gasteiger partial charge on any atom is 0.263 e. The molecular weight excluding hydrogens is 450 g/mol. The minimum atomic E-state index is -0.229. The van der Waals surface area contributed by atoms with Crippen molar-refractivity contribution in [2.24, 2.45) is 0 Å². The molecule has 2 aliphatic rings. The van der Waals surface area contributed by atoms with E-state index in [1.54, 1.807) is 30.3 Å². The molecule has 0 radical (unpaired) electrons. The van der Waals surface area contributed by atoms with Gasteiger partial charge in [0.15, 0.2) is 18.2 Å². The van der Waals surface area contributed by atoms with Gasteiger partial charge < -0.3 is 29.9 Å². The van der Waals surface area contributed by atoms with Crippen LogP contribution in [0, 0.1) is 0 Å². The first-order chi connectivity index (χ1) is 17.0. The topological polar surface area (TPSA) is 122 Å². The van der Waals surface area contributed by atoms with Gasteiger partial charge in [-0.1, -0.05) is 0 Å². The lowest BCUT2D eigenvalue weighted by Crippen LogP contribution is -2.43. The van der Waals surface area contributed by atoms with Crippen LogP contribution < -0.4 is 25.0 Å². The summed E-state index contributed by atoms with van der Waals surface area (Å²) in [6.07, 6.45) is 2.65. The number of ether oxygens (including phenoxy) is 2. The number of hydrogen-bond donors (Lipinski definition) is 2. The summed E-state index contributed by atoms with van der Waals surface area (Å²) in [6, 6.07) is 9.33. The SMILES string of the molecule is COc1ccc2nccc(N3CCC(N(C)C(=O)CNCc4ccc5c(n4)NC(=O)CO5)C3)c2n1. The highest BCUT2D eigenvalue weighted by molar-refractivity contribution is 5.94. The second kappa shape index (κ2) is 9.71. The summed E-state index contributed by atoms with van der Waals surface area (Å²) in [5.74, 6) is 1.28. The molecule has 2 N–H and O–H groups in total. The molecule has 5 rings (SSSR count). The Bertz CT molecular complexity index is 1270. The van der Waals surface area contributed by atoms with Crippen LogP contribution in [0.5, 0.6) is 11.6 Å². The lowest BCUT2D eigenvalue weighted by atomic mass is 10.2. The molecule has 0 spiro atoms. The first-order valence-electron chi connectivity index (χ1n) is 11.5. The summed E-state index contributed by atoms with van der Waals surface area (Å²) < 4.78 is 10.6. The molecule has 0 aliphatic carbocycles. The molecule has 1 atom stereocenters. The van der Waals surface area contributed by atoms with Gasteiger partial charge in [-0.3, -0.25) is 14.6 Å². The number of aromatic nitrogens is 3. The fraction of sp³-hybridized carbons (Fsp3) is 0.375. The standard InChI is InChI=1S/C24H27N7O4/c1-30(22(33)12-25-11-15-3-5-19-24(27-15)28-20(32)14-35-19)16-8-10-31(13-16)18-7-9-26-17-4-6-21(34-2)29-23(17)18/h3-7,9,16,25H,8,10-14H2,1-2H3,(H,27,28,32). The van der Waals surface area contributed by atoms with Crippen LogP contribution in [0.25, 0.3) is 11.0 Å². The van der Waals surface area contributed by atoms with Crippen LogP contribution in [0.15, 0.2) is 36.5 Å². The molecule has 5 heterocycles. The third-order valence-corrected chi connectivity index (χ3v) is 6.31. The monoisotopic (exact) mass is 477 g/mol. The van der Waals surface area contributed by atoms with Gasteiger partial charge in [0, 0.05) is 38.9 Å². The maximum atomic E-state index is 12.8. The average molecular weight is 478 g/mol. The van der Waals surface area contributed by atoms with Crippen molar-refractivity contribution in [1.82, 2.24) is 25.2 Å². The van der Waals surface area contributed by atoms with E-state index in [2.05, 4.69) is 30.5 Å². The summed E-state index contributed by atoms with van der Waals surface area (Å²) in [5.41, 5.74) is 3.30. The highest BCUT2D eigenvalue weighted by atomic mass is 16.5.